The molecule has 2 aromatic heterocycles. The second kappa shape index (κ2) is 8.41. The molecule has 0 radical (unpaired) electrons. The molecule has 0 N–H and O–H groups in total. The van der Waals surface area contributed by atoms with E-state index in [1.807, 2.05) is 36.5 Å². The molecule has 0 saturated carbocycles. The summed E-state index contributed by atoms with van der Waals surface area (Å²) in [6.07, 6.45) is 5.21. The lowest BCUT2D eigenvalue weighted by atomic mass is 10.0. The summed E-state index contributed by atoms with van der Waals surface area (Å²) in [5.41, 5.74) is 3.93. The van der Waals surface area contributed by atoms with Crippen LogP contribution in [0.5, 0.6) is 5.75 Å². The summed E-state index contributed by atoms with van der Waals surface area (Å²) >= 11 is 0. The fraction of sp³-hybridized carbons (Fsp3) is 0.0417. The molecule has 4 rings (SSSR count). The monoisotopic (exact) mass is 396 g/mol. The summed E-state index contributed by atoms with van der Waals surface area (Å²) in [4.78, 5) is 4.27. The Labute approximate surface area is 173 Å². The van der Waals surface area contributed by atoms with Crippen molar-refractivity contribution in [2.24, 2.45) is 0 Å². The predicted octanol–water partition coefficient (Wildman–Crippen LogP) is 5.15. The van der Waals surface area contributed by atoms with E-state index in [9.17, 15) is 9.65 Å². The zero-order chi connectivity index (χ0) is 20.9. The molecule has 30 heavy (non-hydrogen) atoms. The number of rotatable bonds is 5. The van der Waals surface area contributed by atoms with Gasteiger partial charge in [-0.25, -0.2) is 9.07 Å². The van der Waals surface area contributed by atoms with E-state index >= 15 is 0 Å². The van der Waals surface area contributed by atoms with Gasteiger partial charge in [-0.2, -0.15) is 10.4 Å². The largest absolute Gasteiger partial charge is 0.497 e. The molecule has 0 atom stereocenters. The average molecular weight is 396 g/mol. The van der Waals surface area contributed by atoms with Crippen LogP contribution in [0.2, 0.25) is 0 Å². The van der Waals surface area contributed by atoms with Crippen molar-refractivity contribution in [1.29, 1.82) is 5.26 Å². The second-order valence-corrected chi connectivity index (χ2v) is 6.47. The average Bonchev–Trinajstić information content (AvgIpc) is 3.22. The number of allylic oxidation sites excluding steroid dienone is 1. The second-order valence-electron chi connectivity index (χ2n) is 6.47. The summed E-state index contributed by atoms with van der Waals surface area (Å²) in [7, 11) is 1.60. The minimum atomic E-state index is -0.319. The highest BCUT2D eigenvalue weighted by Crippen LogP contribution is 2.29. The van der Waals surface area contributed by atoms with Crippen molar-refractivity contribution in [3.8, 4) is 28.8 Å². The van der Waals surface area contributed by atoms with Crippen LogP contribution in [-0.2, 0) is 0 Å². The van der Waals surface area contributed by atoms with Crippen molar-refractivity contribution in [1.82, 2.24) is 14.8 Å². The Morgan fingerprint density at radius 1 is 1.10 bits per heavy atom. The maximum absolute atomic E-state index is 13.3. The SMILES string of the molecule is COc1cccc(-c2nn(-c3ccc(F)cc3)cc2/C=C(/C#N)c2ccccn2)c1. The molecule has 0 saturated heterocycles. The van der Waals surface area contributed by atoms with Crippen molar-refractivity contribution in [3.63, 3.8) is 0 Å². The first kappa shape index (κ1) is 19.1. The number of methoxy groups -OCH3 is 1. The van der Waals surface area contributed by atoms with E-state index in [1.54, 1.807) is 48.3 Å². The van der Waals surface area contributed by atoms with Gasteiger partial charge < -0.3 is 4.74 Å². The number of nitrogens with zero attached hydrogens (tertiary/aromatic N) is 4. The van der Waals surface area contributed by atoms with Gasteiger partial charge in [-0.1, -0.05) is 18.2 Å². The molecule has 2 heterocycles. The minimum absolute atomic E-state index is 0.319. The van der Waals surface area contributed by atoms with Crippen molar-refractivity contribution in [2.75, 3.05) is 7.11 Å². The Balaban J connectivity index is 1.88. The number of hydrogen-bond donors (Lipinski definition) is 0. The summed E-state index contributed by atoms with van der Waals surface area (Å²) in [6.45, 7) is 0. The normalized spacial score (nSPS) is 11.2. The minimum Gasteiger partial charge on any atom is -0.497 e. The third-order valence-electron chi connectivity index (χ3n) is 4.54. The fourth-order valence-corrected chi connectivity index (χ4v) is 3.05. The first-order valence-electron chi connectivity index (χ1n) is 9.21. The third-order valence-corrected chi connectivity index (χ3v) is 4.54. The lowest BCUT2D eigenvalue weighted by Crippen LogP contribution is -1.95. The summed E-state index contributed by atoms with van der Waals surface area (Å²) < 4.78 is 20.3. The molecule has 0 unspecified atom stereocenters. The van der Waals surface area contributed by atoms with Gasteiger partial charge in [-0.3, -0.25) is 4.98 Å². The fourth-order valence-electron chi connectivity index (χ4n) is 3.05. The van der Waals surface area contributed by atoms with Gasteiger partial charge >= 0.3 is 0 Å². The Morgan fingerprint density at radius 3 is 2.63 bits per heavy atom. The number of ether oxygens (including phenoxy) is 1. The molecule has 0 aliphatic carbocycles. The van der Waals surface area contributed by atoms with Crippen LogP contribution in [-0.4, -0.2) is 21.9 Å². The Morgan fingerprint density at radius 2 is 1.93 bits per heavy atom. The highest BCUT2D eigenvalue weighted by molar-refractivity contribution is 5.91. The van der Waals surface area contributed by atoms with Gasteiger partial charge in [0, 0.05) is 23.5 Å². The van der Waals surface area contributed by atoms with Crippen LogP contribution >= 0.6 is 0 Å². The van der Waals surface area contributed by atoms with Crippen molar-refractivity contribution in [3.05, 3.63) is 96.2 Å². The molecule has 2 aromatic carbocycles. The van der Waals surface area contributed by atoms with Gasteiger partial charge in [-0.05, 0) is 54.6 Å². The molecular formula is C24H17FN4O. The molecule has 0 amide bonds. The summed E-state index contributed by atoms with van der Waals surface area (Å²) in [5.74, 6) is 0.380. The Hall–Kier alpha value is -4.24. The van der Waals surface area contributed by atoms with Gasteiger partial charge in [0.15, 0.2) is 0 Å². The van der Waals surface area contributed by atoms with E-state index < -0.39 is 0 Å². The van der Waals surface area contributed by atoms with Crippen LogP contribution in [0.4, 0.5) is 4.39 Å². The topological polar surface area (TPSA) is 63.7 Å². The van der Waals surface area contributed by atoms with Crippen molar-refractivity contribution < 1.29 is 9.13 Å². The van der Waals surface area contributed by atoms with E-state index in [0.29, 0.717) is 28.4 Å². The maximum atomic E-state index is 13.3. The van der Waals surface area contributed by atoms with Gasteiger partial charge in [0.2, 0.25) is 0 Å². The van der Waals surface area contributed by atoms with Crippen LogP contribution in [0.15, 0.2) is 79.1 Å². The number of halogens is 1. The third kappa shape index (κ3) is 3.96. The highest BCUT2D eigenvalue weighted by Gasteiger charge is 2.14. The predicted molar refractivity (Wildman–Crippen MR) is 113 cm³/mol. The first-order chi connectivity index (χ1) is 14.7. The Bertz CT molecular complexity index is 1240. The van der Waals surface area contributed by atoms with E-state index in [4.69, 9.17) is 9.84 Å². The Kier molecular flexibility index (Phi) is 5.35. The highest BCUT2D eigenvalue weighted by atomic mass is 19.1. The number of hydrogen-bond acceptors (Lipinski definition) is 4. The standard InChI is InChI=1S/C24H17FN4O/c1-30-22-6-4-5-17(14-22)24-19(13-18(15-26)23-7-2-3-12-27-23)16-29(28-24)21-10-8-20(25)9-11-21/h2-14,16H,1H3/b18-13-. The molecule has 0 spiro atoms. The van der Waals surface area contributed by atoms with Crippen molar-refractivity contribution in [2.45, 2.75) is 0 Å². The van der Waals surface area contributed by atoms with Crippen LogP contribution in [0, 0.1) is 17.1 Å². The van der Waals surface area contributed by atoms with E-state index in [1.165, 1.54) is 12.1 Å². The lowest BCUT2D eigenvalue weighted by Gasteiger charge is -2.04. The van der Waals surface area contributed by atoms with Crippen molar-refractivity contribution >= 4 is 11.6 Å². The van der Waals surface area contributed by atoms with Crippen LogP contribution in [0.1, 0.15) is 11.3 Å². The van der Waals surface area contributed by atoms with Gasteiger partial charge in [0.05, 0.1) is 24.1 Å². The zero-order valence-electron chi connectivity index (χ0n) is 16.2. The zero-order valence-corrected chi connectivity index (χ0v) is 16.2. The number of benzene rings is 2. The van der Waals surface area contributed by atoms with Crippen LogP contribution in [0.3, 0.4) is 0 Å². The van der Waals surface area contributed by atoms with Gasteiger partial charge in [0.25, 0.3) is 0 Å². The molecule has 146 valence electrons. The van der Waals surface area contributed by atoms with Gasteiger partial charge in [-0.15, -0.1) is 0 Å². The maximum Gasteiger partial charge on any atom is 0.123 e. The summed E-state index contributed by atoms with van der Waals surface area (Å²) in [6, 6.07) is 21.2. The van der Waals surface area contributed by atoms with E-state index in [2.05, 4.69) is 11.1 Å². The molecule has 4 aromatic rings. The number of pyridine rings is 1. The molecule has 6 heteroatoms. The number of aromatic nitrogens is 3. The smallest absolute Gasteiger partial charge is 0.123 e. The summed E-state index contributed by atoms with van der Waals surface area (Å²) in [5, 5.41) is 14.4. The molecule has 0 aliphatic rings. The molecule has 5 nitrogen and oxygen atoms in total. The van der Waals surface area contributed by atoms with Gasteiger partial charge in [0.1, 0.15) is 23.3 Å². The van der Waals surface area contributed by atoms with Crippen LogP contribution in [0.25, 0.3) is 28.6 Å². The lowest BCUT2D eigenvalue weighted by molar-refractivity contribution is 0.415. The van der Waals surface area contributed by atoms with Crippen LogP contribution < -0.4 is 4.74 Å². The molecular weight excluding hydrogens is 379 g/mol. The molecule has 0 aliphatic heterocycles. The quantitative estimate of drug-likeness (QED) is 0.438. The number of nitriles is 1. The molecule has 0 bridgehead atoms. The van der Waals surface area contributed by atoms with E-state index in [0.717, 1.165) is 11.1 Å². The van der Waals surface area contributed by atoms with E-state index in [-0.39, 0.29) is 5.82 Å². The first-order valence-corrected chi connectivity index (χ1v) is 9.21. The molecule has 0 fully saturated rings.